The highest BCUT2D eigenvalue weighted by atomic mass is 19.1. The molecule has 0 fully saturated rings. The zero-order chi connectivity index (χ0) is 14.4. The molecular weight excluding hydrogens is 261 g/mol. The lowest BCUT2D eigenvalue weighted by Crippen LogP contribution is -2.00. The summed E-state index contributed by atoms with van der Waals surface area (Å²) < 4.78 is 24.2. The van der Waals surface area contributed by atoms with E-state index in [0.29, 0.717) is 22.6 Å². The summed E-state index contributed by atoms with van der Waals surface area (Å²) in [4.78, 5) is 0. The number of rotatable bonds is 5. The molecule has 0 aliphatic rings. The monoisotopic (exact) mass is 275 g/mol. The SMILES string of the molecule is COc1cc(/C=N/O)ccc1OCc1ccccc1F. The zero-order valence-corrected chi connectivity index (χ0v) is 10.9. The van der Waals surface area contributed by atoms with Crippen molar-refractivity contribution in [3.8, 4) is 11.5 Å². The standard InChI is InChI=1S/C15H14FNO3/c1-19-15-8-11(9-17-18)6-7-14(15)20-10-12-4-2-3-5-13(12)16/h2-9,18H,10H2,1H3/b17-9+. The van der Waals surface area contributed by atoms with Crippen LogP contribution in [0, 0.1) is 5.82 Å². The summed E-state index contributed by atoms with van der Waals surface area (Å²) in [5, 5.41) is 11.4. The highest BCUT2D eigenvalue weighted by molar-refractivity contribution is 5.80. The van der Waals surface area contributed by atoms with Gasteiger partial charge >= 0.3 is 0 Å². The Morgan fingerprint density at radius 3 is 2.70 bits per heavy atom. The van der Waals surface area contributed by atoms with E-state index in [1.54, 1.807) is 36.4 Å². The molecule has 1 N–H and O–H groups in total. The van der Waals surface area contributed by atoms with E-state index in [-0.39, 0.29) is 12.4 Å². The van der Waals surface area contributed by atoms with E-state index in [0.717, 1.165) is 0 Å². The van der Waals surface area contributed by atoms with Crippen molar-refractivity contribution >= 4 is 6.21 Å². The molecule has 0 amide bonds. The highest BCUT2D eigenvalue weighted by Crippen LogP contribution is 2.28. The predicted molar refractivity (Wildman–Crippen MR) is 73.1 cm³/mol. The fourth-order valence-corrected chi connectivity index (χ4v) is 1.72. The second-order valence-corrected chi connectivity index (χ2v) is 4.03. The minimum Gasteiger partial charge on any atom is -0.493 e. The van der Waals surface area contributed by atoms with Gasteiger partial charge in [0.1, 0.15) is 12.4 Å². The van der Waals surface area contributed by atoms with E-state index in [1.165, 1.54) is 19.4 Å². The topological polar surface area (TPSA) is 51.0 Å². The summed E-state index contributed by atoms with van der Waals surface area (Å²) in [6, 6.07) is 11.5. The number of benzene rings is 2. The largest absolute Gasteiger partial charge is 0.493 e. The Morgan fingerprint density at radius 2 is 2.00 bits per heavy atom. The van der Waals surface area contributed by atoms with E-state index in [4.69, 9.17) is 14.7 Å². The lowest BCUT2D eigenvalue weighted by molar-refractivity contribution is 0.279. The van der Waals surface area contributed by atoms with Crippen LogP contribution in [0.25, 0.3) is 0 Å². The van der Waals surface area contributed by atoms with Crippen molar-refractivity contribution in [1.29, 1.82) is 0 Å². The van der Waals surface area contributed by atoms with E-state index in [1.807, 2.05) is 0 Å². The van der Waals surface area contributed by atoms with Crippen molar-refractivity contribution < 1.29 is 19.1 Å². The lowest BCUT2D eigenvalue weighted by atomic mass is 10.2. The molecule has 0 aliphatic heterocycles. The Hall–Kier alpha value is -2.56. The maximum absolute atomic E-state index is 13.5. The van der Waals surface area contributed by atoms with Gasteiger partial charge in [0.05, 0.1) is 13.3 Å². The first-order chi connectivity index (χ1) is 9.74. The van der Waals surface area contributed by atoms with Crippen molar-refractivity contribution in [1.82, 2.24) is 0 Å². The van der Waals surface area contributed by atoms with E-state index < -0.39 is 0 Å². The minimum atomic E-state index is -0.310. The molecule has 0 spiro atoms. The van der Waals surface area contributed by atoms with Gasteiger partial charge in [-0.1, -0.05) is 23.4 Å². The van der Waals surface area contributed by atoms with Crippen LogP contribution in [-0.4, -0.2) is 18.5 Å². The Morgan fingerprint density at radius 1 is 1.20 bits per heavy atom. The average Bonchev–Trinajstić information content (AvgIpc) is 2.47. The van der Waals surface area contributed by atoms with Crippen molar-refractivity contribution in [2.45, 2.75) is 6.61 Å². The van der Waals surface area contributed by atoms with Gasteiger partial charge in [0.25, 0.3) is 0 Å². The smallest absolute Gasteiger partial charge is 0.161 e. The van der Waals surface area contributed by atoms with Gasteiger partial charge in [0.15, 0.2) is 11.5 Å². The molecule has 0 unspecified atom stereocenters. The van der Waals surface area contributed by atoms with E-state index in [2.05, 4.69) is 5.16 Å². The first-order valence-corrected chi connectivity index (χ1v) is 5.96. The second-order valence-electron chi connectivity index (χ2n) is 4.03. The number of halogens is 1. The molecule has 0 aliphatic carbocycles. The van der Waals surface area contributed by atoms with Crippen LogP contribution in [-0.2, 0) is 6.61 Å². The van der Waals surface area contributed by atoms with Crippen LogP contribution >= 0.6 is 0 Å². The lowest BCUT2D eigenvalue weighted by Gasteiger charge is -2.11. The summed E-state index contributed by atoms with van der Waals surface area (Å²) in [6.45, 7) is 0.108. The normalized spacial score (nSPS) is 10.7. The molecule has 2 aromatic rings. The third-order valence-electron chi connectivity index (χ3n) is 2.74. The van der Waals surface area contributed by atoms with Crippen LogP contribution < -0.4 is 9.47 Å². The molecule has 0 atom stereocenters. The highest BCUT2D eigenvalue weighted by Gasteiger charge is 2.07. The Kier molecular flexibility index (Phi) is 4.55. The van der Waals surface area contributed by atoms with Gasteiger partial charge in [-0.15, -0.1) is 0 Å². The first-order valence-electron chi connectivity index (χ1n) is 5.96. The molecule has 0 aromatic heterocycles. The summed E-state index contributed by atoms with van der Waals surface area (Å²) in [5.74, 6) is 0.667. The third-order valence-corrected chi connectivity index (χ3v) is 2.74. The molecule has 0 saturated carbocycles. The Bertz CT molecular complexity index is 614. The quantitative estimate of drug-likeness (QED) is 0.518. The number of ether oxygens (including phenoxy) is 2. The van der Waals surface area contributed by atoms with Crippen LogP contribution in [0.1, 0.15) is 11.1 Å². The van der Waals surface area contributed by atoms with Gasteiger partial charge in [-0.2, -0.15) is 0 Å². The zero-order valence-electron chi connectivity index (χ0n) is 10.9. The van der Waals surface area contributed by atoms with Gasteiger partial charge < -0.3 is 14.7 Å². The van der Waals surface area contributed by atoms with Crippen LogP contribution in [0.5, 0.6) is 11.5 Å². The number of methoxy groups -OCH3 is 1. The molecule has 2 aromatic carbocycles. The second kappa shape index (κ2) is 6.56. The van der Waals surface area contributed by atoms with Crippen molar-refractivity contribution in [3.05, 3.63) is 59.4 Å². The maximum atomic E-state index is 13.5. The van der Waals surface area contributed by atoms with Crippen molar-refractivity contribution in [2.24, 2.45) is 5.16 Å². The molecule has 4 nitrogen and oxygen atoms in total. The van der Waals surface area contributed by atoms with Crippen LogP contribution in [0.4, 0.5) is 4.39 Å². The van der Waals surface area contributed by atoms with Crippen LogP contribution in [0.3, 0.4) is 0 Å². The van der Waals surface area contributed by atoms with Gasteiger partial charge in [-0.05, 0) is 24.3 Å². The number of hydrogen-bond acceptors (Lipinski definition) is 4. The summed E-state index contributed by atoms with van der Waals surface area (Å²) in [6.07, 6.45) is 1.28. The third kappa shape index (κ3) is 3.26. The van der Waals surface area contributed by atoms with Crippen LogP contribution in [0.2, 0.25) is 0 Å². The number of hydrogen-bond donors (Lipinski definition) is 1. The molecule has 5 heteroatoms. The summed E-state index contributed by atoms with van der Waals surface area (Å²) >= 11 is 0. The Balaban J connectivity index is 2.15. The van der Waals surface area contributed by atoms with Gasteiger partial charge in [0.2, 0.25) is 0 Å². The van der Waals surface area contributed by atoms with Crippen LogP contribution in [0.15, 0.2) is 47.6 Å². The summed E-state index contributed by atoms with van der Waals surface area (Å²) in [7, 11) is 1.51. The number of oxime groups is 1. The molecule has 2 rings (SSSR count). The van der Waals surface area contributed by atoms with E-state index >= 15 is 0 Å². The fraction of sp³-hybridized carbons (Fsp3) is 0.133. The predicted octanol–water partition coefficient (Wildman–Crippen LogP) is 3.22. The summed E-state index contributed by atoms with van der Waals surface area (Å²) in [5.41, 5.74) is 1.14. The maximum Gasteiger partial charge on any atom is 0.161 e. The molecular formula is C15H14FNO3. The molecule has 0 radical (unpaired) electrons. The van der Waals surface area contributed by atoms with Gasteiger partial charge in [-0.25, -0.2) is 4.39 Å². The molecule has 0 bridgehead atoms. The molecule has 0 saturated heterocycles. The molecule has 20 heavy (non-hydrogen) atoms. The van der Waals surface area contributed by atoms with E-state index in [9.17, 15) is 4.39 Å². The van der Waals surface area contributed by atoms with Gasteiger partial charge in [-0.3, -0.25) is 0 Å². The Labute approximate surface area is 116 Å². The molecule has 104 valence electrons. The van der Waals surface area contributed by atoms with Crippen molar-refractivity contribution in [2.75, 3.05) is 7.11 Å². The van der Waals surface area contributed by atoms with Crippen molar-refractivity contribution in [3.63, 3.8) is 0 Å². The fourth-order valence-electron chi connectivity index (χ4n) is 1.72. The minimum absolute atomic E-state index is 0.108. The van der Waals surface area contributed by atoms with Gasteiger partial charge in [0, 0.05) is 11.1 Å². The average molecular weight is 275 g/mol. The number of nitrogens with zero attached hydrogens (tertiary/aromatic N) is 1. The first kappa shape index (κ1) is 13.9. The molecule has 0 heterocycles.